The standard InChI is InChI=1S/C19H18ClN3O3/c20-15-5-1-3-13(7-15)8-16-9-22-18(26-16)14-4-2-6-23(11-14)19(24)17-10-21-12-25-17/h1,3,5,7,9-10,12,14H,2,4,6,8,11H2/t14-/m0/s1. The Labute approximate surface area is 155 Å². The van der Waals surface area contributed by atoms with Crippen LogP contribution in [-0.2, 0) is 6.42 Å². The van der Waals surface area contributed by atoms with Crippen molar-refractivity contribution in [1.82, 2.24) is 14.9 Å². The zero-order chi connectivity index (χ0) is 17.9. The molecular weight excluding hydrogens is 354 g/mol. The zero-order valence-corrected chi connectivity index (χ0v) is 14.9. The first-order valence-electron chi connectivity index (χ1n) is 8.56. The number of nitrogens with zero attached hydrogens (tertiary/aromatic N) is 3. The molecule has 1 saturated heterocycles. The van der Waals surface area contributed by atoms with Crippen LogP contribution in [0.1, 0.15) is 46.5 Å². The third-order valence-corrected chi connectivity index (χ3v) is 4.77. The van der Waals surface area contributed by atoms with Crippen molar-refractivity contribution in [3.8, 4) is 0 Å². The molecule has 134 valence electrons. The lowest BCUT2D eigenvalue weighted by Gasteiger charge is -2.30. The SMILES string of the molecule is O=C(c1cnco1)N1CCC[C@H](c2ncc(Cc3cccc(Cl)c3)o2)C1. The van der Waals surface area contributed by atoms with E-state index in [2.05, 4.69) is 9.97 Å². The number of aromatic nitrogens is 2. The number of benzene rings is 1. The van der Waals surface area contributed by atoms with Gasteiger partial charge in [0.2, 0.25) is 5.76 Å². The molecule has 0 spiro atoms. The van der Waals surface area contributed by atoms with E-state index in [1.165, 1.54) is 12.6 Å². The molecule has 6 nitrogen and oxygen atoms in total. The first-order valence-corrected chi connectivity index (χ1v) is 8.93. The maximum atomic E-state index is 12.4. The van der Waals surface area contributed by atoms with Crippen LogP contribution in [-0.4, -0.2) is 33.9 Å². The quantitative estimate of drug-likeness (QED) is 0.694. The van der Waals surface area contributed by atoms with Crippen LogP contribution in [0.5, 0.6) is 0 Å². The average Bonchev–Trinajstić information content (AvgIpc) is 3.33. The molecule has 3 heterocycles. The van der Waals surface area contributed by atoms with Gasteiger partial charge in [0.15, 0.2) is 12.3 Å². The van der Waals surface area contributed by atoms with E-state index >= 15 is 0 Å². The molecule has 0 bridgehead atoms. The maximum absolute atomic E-state index is 12.4. The topological polar surface area (TPSA) is 72.4 Å². The number of hydrogen-bond donors (Lipinski definition) is 0. The van der Waals surface area contributed by atoms with Gasteiger partial charge in [0.1, 0.15) is 5.76 Å². The van der Waals surface area contributed by atoms with Gasteiger partial charge < -0.3 is 13.7 Å². The van der Waals surface area contributed by atoms with Gasteiger partial charge in [0.25, 0.3) is 5.91 Å². The Kier molecular flexibility index (Phi) is 4.75. The lowest BCUT2D eigenvalue weighted by atomic mass is 9.98. The summed E-state index contributed by atoms with van der Waals surface area (Å²) in [6.07, 6.45) is 6.95. The van der Waals surface area contributed by atoms with Crippen LogP contribution in [0.4, 0.5) is 0 Å². The monoisotopic (exact) mass is 371 g/mol. The highest BCUT2D eigenvalue weighted by Crippen LogP contribution is 2.28. The molecule has 0 radical (unpaired) electrons. The summed E-state index contributed by atoms with van der Waals surface area (Å²) >= 11 is 6.03. The molecule has 26 heavy (non-hydrogen) atoms. The molecule has 0 saturated carbocycles. The van der Waals surface area contributed by atoms with Crippen molar-refractivity contribution in [2.75, 3.05) is 13.1 Å². The van der Waals surface area contributed by atoms with E-state index in [1.807, 2.05) is 24.3 Å². The number of halogens is 1. The van der Waals surface area contributed by atoms with Crippen LogP contribution in [0.25, 0.3) is 0 Å². The molecule has 0 unspecified atom stereocenters. The predicted molar refractivity (Wildman–Crippen MR) is 95.1 cm³/mol. The minimum Gasteiger partial charge on any atom is -0.445 e. The van der Waals surface area contributed by atoms with Crippen molar-refractivity contribution in [3.05, 3.63) is 71.1 Å². The highest BCUT2D eigenvalue weighted by molar-refractivity contribution is 6.30. The van der Waals surface area contributed by atoms with Gasteiger partial charge in [-0.05, 0) is 30.5 Å². The van der Waals surface area contributed by atoms with Gasteiger partial charge in [0, 0.05) is 24.5 Å². The van der Waals surface area contributed by atoms with Crippen LogP contribution in [0.15, 0.2) is 51.9 Å². The second-order valence-corrected chi connectivity index (χ2v) is 6.86. The van der Waals surface area contributed by atoms with Gasteiger partial charge >= 0.3 is 0 Å². The predicted octanol–water partition coefficient (Wildman–Crippen LogP) is 3.93. The molecular formula is C19H18ClN3O3. The Hall–Kier alpha value is -2.60. The van der Waals surface area contributed by atoms with Gasteiger partial charge in [-0.2, -0.15) is 0 Å². The number of likely N-dealkylation sites (tertiary alicyclic amines) is 1. The summed E-state index contributed by atoms with van der Waals surface area (Å²) in [6.45, 7) is 1.27. The van der Waals surface area contributed by atoms with Gasteiger partial charge in [-0.15, -0.1) is 0 Å². The highest BCUT2D eigenvalue weighted by Gasteiger charge is 2.29. The Morgan fingerprint density at radius 1 is 1.35 bits per heavy atom. The number of oxazole rings is 2. The molecule has 1 aromatic carbocycles. The summed E-state index contributed by atoms with van der Waals surface area (Å²) in [5.74, 6) is 1.68. The summed E-state index contributed by atoms with van der Waals surface area (Å²) in [7, 11) is 0. The van der Waals surface area contributed by atoms with Crippen LogP contribution < -0.4 is 0 Å². The van der Waals surface area contributed by atoms with E-state index in [-0.39, 0.29) is 17.6 Å². The Morgan fingerprint density at radius 2 is 2.27 bits per heavy atom. The summed E-state index contributed by atoms with van der Waals surface area (Å²) in [4.78, 5) is 22.5. The van der Waals surface area contributed by atoms with Crippen molar-refractivity contribution in [3.63, 3.8) is 0 Å². The normalized spacial score (nSPS) is 17.4. The fourth-order valence-corrected chi connectivity index (χ4v) is 3.49. The third-order valence-electron chi connectivity index (χ3n) is 4.54. The first-order chi connectivity index (χ1) is 12.7. The molecule has 1 atom stereocenters. The second-order valence-electron chi connectivity index (χ2n) is 6.43. The molecule has 1 fully saturated rings. The molecule has 1 aliphatic rings. The first kappa shape index (κ1) is 16.8. The fraction of sp³-hybridized carbons (Fsp3) is 0.316. The number of hydrogen-bond acceptors (Lipinski definition) is 5. The number of carbonyl (C=O) groups is 1. The smallest absolute Gasteiger partial charge is 0.291 e. The van der Waals surface area contributed by atoms with Crippen molar-refractivity contribution in [2.24, 2.45) is 0 Å². The van der Waals surface area contributed by atoms with Crippen molar-refractivity contribution >= 4 is 17.5 Å². The number of carbonyl (C=O) groups excluding carboxylic acids is 1. The van der Waals surface area contributed by atoms with Crippen LogP contribution in [0.3, 0.4) is 0 Å². The van der Waals surface area contributed by atoms with Crippen molar-refractivity contribution in [1.29, 1.82) is 0 Å². The molecule has 3 aromatic rings. The Balaban J connectivity index is 1.44. The van der Waals surface area contributed by atoms with E-state index in [4.69, 9.17) is 20.4 Å². The summed E-state index contributed by atoms with van der Waals surface area (Å²) in [6, 6.07) is 7.69. The van der Waals surface area contributed by atoms with Gasteiger partial charge in [-0.1, -0.05) is 23.7 Å². The van der Waals surface area contributed by atoms with Crippen LogP contribution in [0, 0.1) is 0 Å². The number of rotatable bonds is 4. The number of piperidine rings is 1. The van der Waals surface area contributed by atoms with Crippen molar-refractivity contribution < 1.29 is 13.6 Å². The van der Waals surface area contributed by atoms with Gasteiger partial charge in [-0.25, -0.2) is 9.97 Å². The number of amides is 1. The average molecular weight is 372 g/mol. The highest BCUT2D eigenvalue weighted by atomic mass is 35.5. The third kappa shape index (κ3) is 3.65. The van der Waals surface area contributed by atoms with E-state index < -0.39 is 0 Å². The van der Waals surface area contributed by atoms with Crippen LogP contribution >= 0.6 is 11.6 Å². The lowest BCUT2D eigenvalue weighted by Crippen LogP contribution is -2.39. The molecule has 7 heteroatoms. The molecule has 4 rings (SSSR count). The fourth-order valence-electron chi connectivity index (χ4n) is 3.28. The van der Waals surface area contributed by atoms with Crippen LogP contribution in [0.2, 0.25) is 5.02 Å². The van der Waals surface area contributed by atoms with E-state index in [9.17, 15) is 4.79 Å². The van der Waals surface area contributed by atoms with E-state index in [1.54, 1.807) is 11.1 Å². The van der Waals surface area contributed by atoms with Gasteiger partial charge in [0.05, 0.1) is 18.3 Å². The zero-order valence-electron chi connectivity index (χ0n) is 14.1. The molecule has 0 aliphatic carbocycles. The van der Waals surface area contributed by atoms with E-state index in [0.717, 1.165) is 24.2 Å². The molecule has 2 aromatic heterocycles. The molecule has 1 amide bonds. The van der Waals surface area contributed by atoms with Gasteiger partial charge in [-0.3, -0.25) is 4.79 Å². The Bertz CT molecular complexity index is 891. The molecule has 1 aliphatic heterocycles. The Morgan fingerprint density at radius 3 is 3.08 bits per heavy atom. The largest absolute Gasteiger partial charge is 0.445 e. The lowest BCUT2D eigenvalue weighted by molar-refractivity contribution is 0.0666. The maximum Gasteiger partial charge on any atom is 0.291 e. The second kappa shape index (κ2) is 7.33. The minimum absolute atomic E-state index is 0.0868. The minimum atomic E-state index is -0.141. The molecule has 0 N–H and O–H groups in total. The van der Waals surface area contributed by atoms with E-state index in [0.29, 0.717) is 30.4 Å². The summed E-state index contributed by atoms with van der Waals surface area (Å²) in [5.41, 5.74) is 1.07. The summed E-state index contributed by atoms with van der Waals surface area (Å²) in [5, 5.41) is 0.705. The van der Waals surface area contributed by atoms with Crippen molar-refractivity contribution in [2.45, 2.75) is 25.2 Å². The summed E-state index contributed by atoms with van der Waals surface area (Å²) < 4.78 is 11.1.